The van der Waals surface area contributed by atoms with E-state index in [1.165, 1.54) is 27.8 Å². The molecule has 1 aliphatic carbocycles. The van der Waals surface area contributed by atoms with Crippen molar-refractivity contribution in [1.29, 1.82) is 0 Å². The van der Waals surface area contributed by atoms with E-state index in [0.717, 1.165) is 34.2 Å². The number of nitrogens with one attached hydrogen (secondary N) is 1. The summed E-state index contributed by atoms with van der Waals surface area (Å²) in [6, 6.07) is 17.4. The summed E-state index contributed by atoms with van der Waals surface area (Å²) in [5.41, 5.74) is 9.98. The maximum atomic E-state index is 14.8. The van der Waals surface area contributed by atoms with E-state index in [4.69, 9.17) is 33.2 Å². The molecular formula is C59H77N3O9S. The summed E-state index contributed by atoms with van der Waals surface area (Å²) in [6.45, 7) is 26.7. The van der Waals surface area contributed by atoms with Gasteiger partial charge >= 0.3 is 12.1 Å². The van der Waals surface area contributed by atoms with Gasteiger partial charge in [0, 0.05) is 58.3 Å². The SMILES string of the molecule is C.C=CCOc1c(C)c(OC)c(OCC=C)c2c1CC1C3c4c(cc(C)c(OC)c4OCC=C)CC(CN1C2COC(=O)C(CSCC1c2ccccc2-c2ccccc21)NC(=O)OC(C)(C)C)N3C.CC. The number of aryl methyl sites for hydroxylation is 1. The van der Waals surface area contributed by atoms with Crippen molar-refractivity contribution in [3.05, 3.63) is 137 Å². The predicted octanol–water partition coefficient (Wildman–Crippen LogP) is 11.5. The molecule has 1 N–H and O–H groups in total. The molecule has 0 saturated carbocycles. The Bertz CT molecular complexity index is 2560. The van der Waals surface area contributed by atoms with Gasteiger partial charge in [0.25, 0.3) is 0 Å². The molecule has 1 amide bonds. The van der Waals surface area contributed by atoms with Gasteiger partial charge in [0.1, 0.15) is 43.8 Å². The lowest BCUT2D eigenvalue weighted by Crippen LogP contribution is -2.64. The lowest BCUT2D eigenvalue weighted by molar-refractivity contribution is -0.149. The monoisotopic (exact) mass is 1000 g/mol. The summed E-state index contributed by atoms with van der Waals surface area (Å²) in [7, 11) is 5.49. The molecular weight excluding hydrogens is 927 g/mol. The van der Waals surface area contributed by atoms with Crippen LogP contribution in [0.5, 0.6) is 28.7 Å². The van der Waals surface area contributed by atoms with E-state index < -0.39 is 29.7 Å². The van der Waals surface area contributed by atoms with E-state index in [2.05, 4.69) is 103 Å². The van der Waals surface area contributed by atoms with Crippen LogP contribution >= 0.6 is 11.8 Å². The van der Waals surface area contributed by atoms with Crippen LogP contribution in [0, 0.1) is 13.8 Å². The van der Waals surface area contributed by atoms with Crippen LogP contribution in [-0.2, 0) is 27.1 Å². The van der Waals surface area contributed by atoms with E-state index >= 15 is 0 Å². The van der Waals surface area contributed by atoms with Gasteiger partial charge in [-0.05, 0) is 87.9 Å². The fourth-order valence-electron chi connectivity index (χ4n) is 11.0. The average Bonchev–Trinajstić information content (AvgIpc) is 3.66. The molecule has 13 heteroatoms. The van der Waals surface area contributed by atoms with E-state index in [-0.39, 0.29) is 57.0 Å². The number of carbonyl (C=O) groups is 2. The first-order valence-electron chi connectivity index (χ1n) is 24.8. The number of carbonyl (C=O) groups excluding carboxylic acids is 2. The summed E-state index contributed by atoms with van der Waals surface area (Å²) in [6.07, 6.45) is 5.81. The lowest BCUT2D eigenvalue weighted by atomic mass is 9.74. The molecule has 0 radical (unpaired) electrons. The molecule has 2 bridgehead atoms. The summed E-state index contributed by atoms with van der Waals surface area (Å²) in [4.78, 5) is 33.2. The molecule has 388 valence electrons. The van der Waals surface area contributed by atoms with Gasteiger partial charge < -0.3 is 38.5 Å². The van der Waals surface area contributed by atoms with Gasteiger partial charge in [-0.2, -0.15) is 11.8 Å². The molecule has 72 heavy (non-hydrogen) atoms. The van der Waals surface area contributed by atoms with E-state index in [1.54, 1.807) is 65.0 Å². The van der Waals surface area contributed by atoms with Crippen LogP contribution in [0.4, 0.5) is 4.79 Å². The highest BCUT2D eigenvalue weighted by Gasteiger charge is 2.53. The maximum absolute atomic E-state index is 14.8. The van der Waals surface area contributed by atoms with Gasteiger partial charge in [0.2, 0.25) is 0 Å². The first-order chi connectivity index (χ1) is 34.2. The molecule has 4 aliphatic rings. The average molecular weight is 1000 g/mol. The third-order valence-electron chi connectivity index (χ3n) is 13.7. The van der Waals surface area contributed by atoms with Crippen molar-refractivity contribution in [2.75, 3.05) is 65.7 Å². The predicted molar refractivity (Wildman–Crippen MR) is 291 cm³/mol. The summed E-state index contributed by atoms with van der Waals surface area (Å²) < 4.78 is 44.2. The number of alkyl carbamates (subject to hydrolysis) is 1. The number of rotatable bonds is 19. The van der Waals surface area contributed by atoms with E-state index in [9.17, 15) is 9.59 Å². The van der Waals surface area contributed by atoms with Crippen LogP contribution < -0.4 is 29.0 Å². The smallest absolute Gasteiger partial charge is 0.408 e. The highest BCUT2D eigenvalue weighted by molar-refractivity contribution is 7.99. The van der Waals surface area contributed by atoms with Crippen molar-refractivity contribution in [3.8, 4) is 39.9 Å². The third-order valence-corrected chi connectivity index (χ3v) is 14.9. The van der Waals surface area contributed by atoms with Crippen molar-refractivity contribution in [2.45, 2.75) is 110 Å². The Morgan fingerprint density at radius 3 is 1.96 bits per heavy atom. The molecule has 3 heterocycles. The number of benzene rings is 4. The molecule has 0 aromatic heterocycles. The summed E-state index contributed by atoms with van der Waals surface area (Å²) >= 11 is 1.60. The Morgan fingerprint density at radius 1 is 0.819 bits per heavy atom. The number of thioether (sulfide) groups is 1. The zero-order valence-corrected chi connectivity index (χ0v) is 44.2. The number of fused-ring (bicyclic) bond motifs is 10. The van der Waals surface area contributed by atoms with Crippen molar-refractivity contribution < 1.29 is 42.7 Å². The van der Waals surface area contributed by atoms with Crippen LogP contribution in [0.2, 0.25) is 0 Å². The van der Waals surface area contributed by atoms with Gasteiger partial charge in [0.05, 0.1) is 26.3 Å². The number of esters is 1. The molecule has 0 spiro atoms. The molecule has 3 aliphatic heterocycles. The summed E-state index contributed by atoms with van der Waals surface area (Å²) in [5, 5.41) is 2.89. The maximum Gasteiger partial charge on any atom is 0.408 e. The molecule has 12 nitrogen and oxygen atoms in total. The van der Waals surface area contributed by atoms with Crippen molar-refractivity contribution in [3.63, 3.8) is 0 Å². The van der Waals surface area contributed by atoms with E-state index in [1.807, 2.05) is 20.8 Å². The highest BCUT2D eigenvalue weighted by Crippen LogP contribution is 2.57. The summed E-state index contributed by atoms with van der Waals surface area (Å²) in [5.74, 6) is 3.65. The first kappa shape index (κ1) is 55.4. The number of likely N-dealkylation sites (N-methyl/N-ethyl adjacent to an activating group) is 1. The normalized spacial score (nSPS) is 18.9. The molecule has 4 aromatic rings. The molecule has 5 atom stereocenters. The Labute approximate surface area is 433 Å². The Kier molecular flexibility index (Phi) is 18.6. The zero-order valence-electron chi connectivity index (χ0n) is 43.4. The molecule has 5 unspecified atom stereocenters. The van der Waals surface area contributed by atoms with Gasteiger partial charge in [-0.15, -0.1) is 0 Å². The third kappa shape index (κ3) is 11.0. The molecule has 8 rings (SSSR count). The minimum Gasteiger partial charge on any atom is -0.493 e. The Balaban J connectivity index is 0.00000279. The fourth-order valence-corrected chi connectivity index (χ4v) is 12.2. The number of hydrogen-bond acceptors (Lipinski definition) is 12. The zero-order chi connectivity index (χ0) is 51.1. The minimum atomic E-state index is -1.02. The highest BCUT2D eigenvalue weighted by atomic mass is 32.2. The van der Waals surface area contributed by atoms with Crippen LogP contribution in [0.1, 0.15) is 105 Å². The number of nitrogens with zero attached hydrogens (tertiary/aromatic N) is 2. The van der Waals surface area contributed by atoms with Crippen LogP contribution in [0.3, 0.4) is 0 Å². The Hall–Kier alpha value is -5.89. The van der Waals surface area contributed by atoms with E-state index in [0.29, 0.717) is 54.1 Å². The second-order valence-electron chi connectivity index (χ2n) is 19.2. The topological polar surface area (TPSA) is 117 Å². The number of hydrogen-bond donors (Lipinski definition) is 1. The van der Waals surface area contributed by atoms with Gasteiger partial charge in [-0.3, -0.25) is 9.80 Å². The number of methoxy groups -OCH3 is 2. The molecule has 4 aromatic carbocycles. The van der Waals surface area contributed by atoms with Gasteiger partial charge in [0.15, 0.2) is 23.0 Å². The van der Waals surface area contributed by atoms with Crippen LogP contribution in [0.15, 0.2) is 92.6 Å². The largest absolute Gasteiger partial charge is 0.493 e. The fraction of sp³-hybridized carbons (Fsp3) is 0.458. The van der Waals surface area contributed by atoms with Gasteiger partial charge in [-0.25, -0.2) is 9.59 Å². The minimum absolute atomic E-state index is 0. The second-order valence-corrected chi connectivity index (χ2v) is 20.3. The first-order valence-corrected chi connectivity index (χ1v) is 25.9. The van der Waals surface area contributed by atoms with Crippen LogP contribution in [-0.4, -0.2) is 111 Å². The lowest BCUT2D eigenvalue weighted by Gasteiger charge is -2.58. The quantitative estimate of drug-likeness (QED) is 0.0712. The molecule has 1 saturated heterocycles. The van der Waals surface area contributed by atoms with Crippen molar-refractivity contribution in [1.82, 2.24) is 15.1 Å². The van der Waals surface area contributed by atoms with Gasteiger partial charge in [-0.1, -0.05) is 114 Å². The number of piperazine rings is 1. The standard InChI is InChI=1S/C56H67N3O9S.C2H6.CH4/c1-12-23-64-50-34(5)51(63-11)53(66-25-14-3)47-41(50)28-44-48-46-35(26-33(4)49(62-10)52(46)65-24-13-2)27-36(58(48)9)29-59(44)45(47)30-67-54(60)43(57-55(61)68-56(6,7)8)32-69-31-42-39-21-17-15-19-37(39)38-20-16-18-22-40(38)42;1-2;/h12-22,26,36,42-45,48H,1-3,23-25,27-32H2,4-11H3,(H,57,61);1-2H3;1H4. The van der Waals surface area contributed by atoms with Crippen LogP contribution in [0.25, 0.3) is 11.1 Å². The van der Waals surface area contributed by atoms with Crippen molar-refractivity contribution >= 4 is 23.8 Å². The molecule has 1 fully saturated rings. The number of ether oxygens (including phenoxy) is 7. The Morgan fingerprint density at radius 2 is 1.39 bits per heavy atom. The number of amides is 1. The van der Waals surface area contributed by atoms with Crippen molar-refractivity contribution in [2.24, 2.45) is 0 Å². The second kappa shape index (κ2) is 24.2.